The van der Waals surface area contributed by atoms with Gasteiger partial charge in [0.05, 0.1) is 4.90 Å². The fourth-order valence-electron chi connectivity index (χ4n) is 2.77. The van der Waals surface area contributed by atoms with Crippen molar-refractivity contribution in [2.24, 2.45) is 5.92 Å². The summed E-state index contributed by atoms with van der Waals surface area (Å²) in [4.78, 5) is 12.6. The van der Waals surface area contributed by atoms with Crippen LogP contribution in [0.25, 0.3) is 0 Å². The van der Waals surface area contributed by atoms with Gasteiger partial charge in [0.1, 0.15) is 0 Å². The molecule has 1 fully saturated rings. The highest BCUT2D eigenvalue weighted by Gasteiger charge is 2.25. The van der Waals surface area contributed by atoms with Gasteiger partial charge in [0.2, 0.25) is 15.9 Å². The van der Waals surface area contributed by atoms with Gasteiger partial charge in [0, 0.05) is 31.7 Å². The number of nitrogens with one attached hydrogen (secondary N) is 2. The normalized spacial score (nSPS) is 21.2. The highest BCUT2D eigenvalue weighted by atomic mass is 35.5. The van der Waals surface area contributed by atoms with Crippen LogP contribution < -0.4 is 10.6 Å². The lowest BCUT2D eigenvalue weighted by Crippen LogP contribution is -2.40. The summed E-state index contributed by atoms with van der Waals surface area (Å²) in [6.45, 7) is 4.64. The number of carbonyl (C=O) groups excluding carboxylic acids is 1. The van der Waals surface area contributed by atoms with E-state index >= 15 is 0 Å². The van der Waals surface area contributed by atoms with Gasteiger partial charge >= 0.3 is 0 Å². The highest BCUT2D eigenvalue weighted by Crippen LogP contribution is 2.24. The Kier molecular flexibility index (Phi) is 7.22. The van der Waals surface area contributed by atoms with Crippen molar-refractivity contribution in [1.82, 2.24) is 9.62 Å². The molecule has 0 spiro atoms. The molecule has 2 rings (SSSR count). The van der Waals surface area contributed by atoms with Crippen LogP contribution in [0.2, 0.25) is 0 Å². The van der Waals surface area contributed by atoms with Crippen molar-refractivity contribution in [2.75, 3.05) is 26.0 Å². The number of anilines is 1. The lowest BCUT2D eigenvalue weighted by atomic mass is 9.92. The zero-order valence-corrected chi connectivity index (χ0v) is 16.1. The van der Waals surface area contributed by atoms with E-state index in [2.05, 4.69) is 17.6 Å². The smallest absolute Gasteiger partial charge is 0.242 e. The minimum absolute atomic E-state index is 0. The van der Waals surface area contributed by atoms with Crippen LogP contribution in [-0.2, 0) is 14.8 Å². The molecule has 1 aliphatic heterocycles. The summed E-state index contributed by atoms with van der Waals surface area (Å²) >= 11 is 0. The summed E-state index contributed by atoms with van der Waals surface area (Å²) in [5.74, 6) is -0.0862. The van der Waals surface area contributed by atoms with Crippen molar-refractivity contribution >= 4 is 34.0 Å². The van der Waals surface area contributed by atoms with Crippen LogP contribution in [0.3, 0.4) is 0 Å². The molecule has 1 aromatic carbocycles. The first-order valence-electron chi connectivity index (χ1n) is 7.79. The third-order valence-electron chi connectivity index (χ3n) is 4.21. The fraction of sp³-hybridized carbons (Fsp3) is 0.562. The van der Waals surface area contributed by atoms with E-state index in [0.29, 0.717) is 17.3 Å². The van der Waals surface area contributed by atoms with Crippen molar-refractivity contribution < 1.29 is 13.2 Å². The minimum Gasteiger partial charge on any atom is -0.326 e. The van der Waals surface area contributed by atoms with E-state index in [4.69, 9.17) is 0 Å². The SMILES string of the molecule is Cc1ccc(NC(=O)[C@H]2CCN[C@@H](C)C2)cc1S(=O)(=O)N(C)C.Cl. The second-order valence-electron chi connectivity index (χ2n) is 6.33. The molecule has 136 valence electrons. The molecule has 6 nitrogen and oxygen atoms in total. The molecule has 1 saturated heterocycles. The van der Waals surface area contributed by atoms with Gasteiger partial charge in [-0.15, -0.1) is 12.4 Å². The zero-order valence-electron chi connectivity index (χ0n) is 14.5. The Morgan fingerprint density at radius 3 is 2.58 bits per heavy atom. The first-order valence-corrected chi connectivity index (χ1v) is 9.23. The van der Waals surface area contributed by atoms with E-state index < -0.39 is 10.0 Å². The monoisotopic (exact) mass is 375 g/mol. The molecule has 1 aromatic rings. The molecule has 0 unspecified atom stereocenters. The van der Waals surface area contributed by atoms with Gasteiger partial charge in [-0.05, 0) is 50.9 Å². The lowest BCUT2D eigenvalue weighted by Gasteiger charge is -2.27. The van der Waals surface area contributed by atoms with Crippen molar-refractivity contribution in [3.05, 3.63) is 23.8 Å². The molecule has 1 aliphatic rings. The molecule has 1 amide bonds. The van der Waals surface area contributed by atoms with Gasteiger partial charge in [-0.1, -0.05) is 6.07 Å². The van der Waals surface area contributed by atoms with Crippen LogP contribution in [0.1, 0.15) is 25.3 Å². The number of halogens is 1. The standard InChI is InChI=1S/C16H25N3O3S.ClH/c1-11-5-6-14(10-15(11)23(21,22)19(3)4)18-16(20)13-7-8-17-12(2)9-13;/h5-6,10,12-13,17H,7-9H2,1-4H3,(H,18,20);1H/t12-,13-;/m0./s1. The maximum Gasteiger partial charge on any atom is 0.242 e. The molecular weight excluding hydrogens is 350 g/mol. The summed E-state index contributed by atoms with van der Waals surface area (Å²) in [5, 5.41) is 6.18. The Bertz CT molecular complexity index is 692. The average molecular weight is 376 g/mol. The third kappa shape index (κ3) is 4.69. The second-order valence-corrected chi connectivity index (χ2v) is 8.45. The molecule has 0 saturated carbocycles. The minimum atomic E-state index is -3.53. The molecule has 2 N–H and O–H groups in total. The topological polar surface area (TPSA) is 78.5 Å². The molecule has 2 atom stereocenters. The van der Waals surface area contributed by atoms with Crippen molar-refractivity contribution in [3.63, 3.8) is 0 Å². The molecule has 1 heterocycles. The van der Waals surface area contributed by atoms with E-state index in [1.165, 1.54) is 24.5 Å². The number of hydrogen-bond acceptors (Lipinski definition) is 4. The Hall–Kier alpha value is -1.15. The maximum atomic E-state index is 12.4. The predicted molar refractivity (Wildman–Crippen MR) is 98.1 cm³/mol. The number of rotatable bonds is 4. The number of benzene rings is 1. The van der Waals surface area contributed by atoms with E-state index in [-0.39, 0.29) is 29.1 Å². The lowest BCUT2D eigenvalue weighted by molar-refractivity contribution is -0.120. The van der Waals surface area contributed by atoms with Gasteiger partial charge in [-0.2, -0.15) is 0 Å². The third-order valence-corrected chi connectivity index (χ3v) is 6.17. The molecule has 24 heavy (non-hydrogen) atoms. The number of carbonyl (C=O) groups is 1. The van der Waals surface area contributed by atoms with Crippen LogP contribution >= 0.6 is 12.4 Å². The fourth-order valence-corrected chi connectivity index (χ4v) is 3.91. The van der Waals surface area contributed by atoms with Crippen molar-refractivity contribution in [1.29, 1.82) is 0 Å². The quantitative estimate of drug-likeness (QED) is 0.843. The Labute approximate surface area is 150 Å². The summed E-state index contributed by atoms with van der Waals surface area (Å²) in [5.41, 5.74) is 1.18. The van der Waals surface area contributed by atoms with Gasteiger partial charge < -0.3 is 10.6 Å². The van der Waals surface area contributed by atoms with Crippen LogP contribution in [0.4, 0.5) is 5.69 Å². The number of piperidine rings is 1. The number of aryl methyl sites for hydroxylation is 1. The van der Waals surface area contributed by atoms with Gasteiger partial charge in [0.25, 0.3) is 0 Å². The Morgan fingerprint density at radius 1 is 1.33 bits per heavy atom. The van der Waals surface area contributed by atoms with Crippen LogP contribution in [0.5, 0.6) is 0 Å². The Morgan fingerprint density at radius 2 is 2.00 bits per heavy atom. The summed E-state index contributed by atoms with van der Waals surface area (Å²) < 4.78 is 25.9. The summed E-state index contributed by atoms with van der Waals surface area (Å²) in [6.07, 6.45) is 1.59. The van der Waals surface area contributed by atoms with Crippen molar-refractivity contribution in [2.45, 2.75) is 37.6 Å². The van der Waals surface area contributed by atoms with E-state index in [9.17, 15) is 13.2 Å². The van der Waals surface area contributed by atoms with Crippen LogP contribution in [0, 0.1) is 12.8 Å². The molecule has 8 heteroatoms. The number of hydrogen-bond donors (Lipinski definition) is 2. The van der Waals surface area contributed by atoms with Crippen LogP contribution in [-0.4, -0.2) is 45.3 Å². The first kappa shape index (κ1) is 20.9. The molecule has 0 radical (unpaired) electrons. The average Bonchev–Trinajstić information content (AvgIpc) is 2.48. The largest absolute Gasteiger partial charge is 0.326 e. The summed E-state index contributed by atoms with van der Waals surface area (Å²) in [6, 6.07) is 5.32. The van der Waals surface area contributed by atoms with Gasteiger partial charge in [0.15, 0.2) is 0 Å². The molecule has 0 bridgehead atoms. The summed E-state index contributed by atoms with van der Waals surface area (Å²) in [7, 11) is -0.535. The molecular formula is C16H26ClN3O3S. The second kappa shape index (κ2) is 8.29. The van der Waals surface area contributed by atoms with Gasteiger partial charge in [-0.3, -0.25) is 4.79 Å². The van der Waals surface area contributed by atoms with Crippen molar-refractivity contribution in [3.8, 4) is 0 Å². The number of nitrogens with zero attached hydrogens (tertiary/aromatic N) is 1. The Balaban J connectivity index is 0.00000288. The predicted octanol–water partition coefficient (Wildman–Crippen LogP) is 1.99. The van der Waals surface area contributed by atoms with E-state index in [1.807, 2.05) is 0 Å². The number of amides is 1. The van der Waals surface area contributed by atoms with E-state index in [1.54, 1.807) is 19.1 Å². The van der Waals surface area contributed by atoms with Gasteiger partial charge in [-0.25, -0.2) is 12.7 Å². The van der Waals surface area contributed by atoms with Crippen LogP contribution in [0.15, 0.2) is 23.1 Å². The molecule has 0 aromatic heterocycles. The maximum absolute atomic E-state index is 12.4. The zero-order chi connectivity index (χ0) is 17.2. The molecule has 0 aliphatic carbocycles. The highest BCUT2D eigenvalue weighted by molar-refractivity contribution is 7.89. The van der Waals surface area contributed by atoms with E-state index in [0.717, 1.165) is 19.4 Å². The first-order chi connectivity index (χ1) is 10.7. The number of sulfonamides is 1.